The first-order valence-electron chi connectivity index (χ1n) is 7.39. The highest BCUT2D eigenvalue weighted by atomic mass is 32.1. The molecule has 0 unspecified atom stereocenters. The molecule has 1 heterocycles. The van der Waals surface area contributed by atoms with Gasteiger partial charge >= 0.3 is 0 Å². The van der Waals surface area contributed by atoms with Gasteiger partial charge in [0.05, 0.1) is 18.3 Å². The third-order valence-corrected chi connectivity index (χ3v) is 3.89. The third kappa shape index (κ3) is 5.45. The minimum Gasteiger partial charge on any atom is -0.491 e. The fourth-order valence-corrected chi connectivity index (χ4v) is 2.57. The Balaban J connectivity index is 1.91. The summed E-state index contributed by atoms with van der Waals surface area (Å²) < 4.78 is 5.60. The van der Waals surface area contributed by atoms with Crippen LogP contribution in [0, 0.1) is 0 Å². The van der Waals surface area contributed by atoms with E-state index in [-0.39, 0.29) is 6.10 Å². The smallest absolute Gasteiger partial charge is 0.193 e. The number of ether oxygens (including phenoxy) is 1. The van der Waals surface area contributed by atoms with Crippen molar-refractivity contribution in [2.45, 2.75) is 26.5 Å². The number of aromatic nitrogens is 1. The molecule has 0 aliphatic carbocycles. The largest absolute Gasteiger partial charge is 0.491 e. The third-order valence-electron chi connectivity index (χ3n) is 2.83. The van der Waals surface area contributed by atoms with E-state index in [2.05, 4.69) is 15.3 Å². The van der Waals surface area contributed by atoms with Crippen LogP contribution >= 0.6 is 11.3 Å². The standard InChI is InChI=1S/C16H23N5OS/c1-11(2)22-14-7-5-12(6-8-14)19-15(17)18-9-13-10-23-16(20-13)21(3)4/h5-8,10-11H,9H2,1-4H3,(H3,17,18,19). The number of nitrogens with one attached hydrogen (secondary N) is 1. The van der Waals surface area contributed by atoms with Crippen molar-refractivity contribution in [3.05, 3.63) is 35.3 Å². The second-order valence-electron chi connectivity index (χ2n) is 5.53. The Hall–Kier alpha value is -2.28. The predicted molar refractivity (Wildman–Crippen MR) is 97.6 cm³/mol. The van der Waals surface area contributed by atoms with E-state index in [1.165, 1.54) is 0 Å². The Morgan fingerprint density at radius 2 is 2.04 bits per heavy atom. The van der Waals surface area contributed by atoms with E-state index in [1.807, 2.05) is 62.5 Å². The molecule has 2 aromatic rings. The highest BCUT2D eigenvalue weighted by Crippen LogP contribution is 2.19. The maximum atomic E-state index is 5.91. The summed E-state index contributed by atoms with van der Waals surface area (Å²) in [5.74, 6) is 1.20. The lowest BCUT2D eigenvalue weighted by Crippen LogP contribution is -2.22. The normalized spacial score (nSPS) is 11.6. The Morgan fingerprint density at radius 1 is 1.35 bits per heavy atom. The minimum absolute atomic E-state index is 0.158. The van der Waals surface area contributed by atoms with E-state index in [0.29, 0.717) is 12.5 Å². The molecule has 6 nitrogen and oxygen atoms in total. The molecular weight excluding hydrogens is 310 g/mol. The fourth-order valence-electron chi connectivity index (χ4n) is 1.82. The number of rotatable bonds is 6. The van der Waals surface area contributed by atoms with E-state index in [9.17, 15) is 0 Å². The first-order chi connectivity index (χ1) is 10.9. The van der Waals surface area contributed by atoms with Gasteiger partial charge in [-0.3, -0.25) is 0 Å². The van der Waals surface area contributed by atoms with Crippen molar-refractivity contribution >= 4 is 28.1 Å². The van der Waals surface area contributed by atoms with Crippen molar-refractivity contribution in [3.8, 4) is 5.75 Å². The van der Waals surface area contributed by atoms with Crippen molar-refractivity contribution < 1.29 is 4.74 Å². The van der Waals surface area contributed by atoms with Gasteiger partial charge in [0.2, 0.25) is 0 Å². The van der Waals surface area contributed by atoms with Crippen LogP contribution in [0.4, 0.5) is 10.8 Å². The van der Waals surface area contributed by atoms with E-state index in [0.717, 1.165) is 22.3 Å². The molecule has 0 fully saturated rings. The molecule has 0 radical (unpaired) electrons. The molecule has 0 bridgehead atoms. The van der Waals surface area contributed by atoms with Gasteiger partial charge in [0.1, 0.15) is 5.75 Å². The van der Waals surface area contributed by atoms with Crippen molar-refractivity contribution in [2.24, 2.45) is 10.7 Å². The molecule has 124 valence electrons. The van der Waals surface area contributed by atoms with E-state index < -0.39 is 0 Å². The van der Waals surface area contributed by atoms with Crippen LogP contribution in [0.2, 0.25) is 0 Å². The molecule has 3 N–H and O–H groups in total. The van der Waals surface area contributed by atoms with Crippen molar-refractivity contribution in [1.82, 2.24) is 4.98 Å². The predicted octanol–water partition coefficient (Wildman–Crippen LogP) is 2.92. The van der Waals surface area contributed by atoms with E-state index >= 15 is 0 Å². The summed E-state index contributed by atoms with van der Waals surface area (Å²) in [7, 11) is 3.93. The van der Waals surface area contributed by atoms with Crippen molar-refractivity contribution in [3.63, 3.8) is 0 Å². The summed E-state index contributed by atoms with van der Waals surface area (Å²) in [5, 5.41) is 6.01. The second kappa shape index (κ2) is 7.82. The number of nitrogens with zero attached hydrogens (tertiary/aromatic N) is 3. The van der Waals surface area contributed by atoms with Crippen LogP contribution < -0.4 is 20.7 Å². The average Bonchev–Trinajstić information content (AvgIpc) is 2.96. The van der Waals surface area contributed by atoms with Gasteiger partial charge < -0.3 is 20.7 Å². The highest BCUT2D eigenvalue weighted by molar-refractivity contribution is 7.13. The lowest BCUT2D eigenvalue weighted by atomic mass is 10.3. The molecule has 0 aliphatic rings. The molecule has 7 heteroatoms. The summed E-state index contributed by atoms with van der Waals surface area (Å²) in [6.45, 7) is 4.45. The maximum Gasteiger partial charge on any atom is 0.193 e. The number of benzene rings is 1. The first kappa shape index (κ1) is 17.1. The van der Waals surface area contributed by atoms with Crippen LogP contribution in [0.5, 0.6) is 5.75 Å². The first-order valence-corrected chi connectivity index (χ1v) is 8.27. The number of hydrogen-bond acceptors (Lipinski definition) is 5. The molecule has 0 spiro atoms. The number of anilines is 2. The SMILES string of the molecule is CC(C)Oc1ccc(NC(N)=NCc2csc(N(C)C)n2)cc1. The van der Waals surface area contributed by atoms with Crippen LogP contribution in [-0.2, 0) is 6.54 Å². The van der Waals surface area contributed by atoms with Crippen molar-refractivity contribution in [2.75, 3.05) is 24.3 Å². The lowest BCUT2D eigenvalue weighted by Gasteiger charge is -2.10. The van der Waals surface area contributed by atoms with Crippen molar-refractivity contribution in [1.29, 1.82) is 0 Å². The summed E-state index contributed by atoms with van der Waals surface area (Å²) in [5.41, 5.74) is 7.69. The summed E-state index contributed by atoms with van der Waals surface area (Å²) in [6, 6.07) is 7.62. The lowest BCUT2D eigenvalue weighted by molar-refractivity contribution is 0.242. The van der Waals surface area contributed by atoms with E-state index in [1.54, 1.807) is 11.3 Å². The Labute approximate surface area is 141 Å². The van der Waals surface area contributed by atoms with E-state index in [4.69, 9.17) is 10.5 Å². The maximum absolute atomic E-state index is 5.91. The molecule has 1 aromatic carbocycles. The fraction of sp³-hybridized carbons (Fsp3) is 0.375. The topological polar surface area (TPSA) is 75.8 Å². The summed E-state index contributed by atoms with van der Waals surface area (Å²) in [6.07, 6.45) is 0.158. The number of hydrogen-bond donors (Lipinski definition) is 2. The number of nitrogens with two attached hydrogens (primary N) is 1. The number of guanidine groups is 1. The van der Waals surface area contributed by atoms with Crippen LogP contribution in [0.25, 0.3) is 0 Å². The van der Waals surface area contributed by atoms with Gasteiger partial charge in [0, 0.05) is 25.2 Å². The quantitative estimate of drug-likeness (QED) is 0.628. The molecule has 23 heavy (non-hydrogen) atoms. The average molecular weight is 333 g/mol. The van der Waals surface area contributed by atoms with Crippen LogP contribution in [0.1, 0.15) is 19.5 Å². The van der Waals surface area contributed by atoms with Gasteiger partial charge in [0.15, 0.2) is 11.1 Å². The number of thiazole rings is 1. The molecule has 2 rings (SSSR count). The molecule has 0 saturated heterocycles. The van der Waals surface area contributed by atoms with Gasteiger partial charge in [-0.1, -0.05) is 0 Å². The second-order valence-corrected chi connectivity index (χ2v) is 6.37. The van der Waals surface area contributed by atoms with Crippen LogP contribution in [0.3, 0.4) is 0 Å². The van der Waals surface area contributed by atoms with Gasteiger partial charge in [-0.05, 0) is 38.1 Å². The highest BCUT2D eigenvalue weighted by Gasteiger charge is 2.03. The molecule has 0 saturated carbocycles. The summed E-state index contributed by atoms with van der Waals surface area (Å²) >= 11 is 1.59. The Kier molecular flexibility index (Phi) is 5.81. The zero-order valence-electron chi connectivity index (χ0n) is 13.9. The van der Waals surface area contributed by atoms with Gasteiger partial charge in [-0.2, -0.15) is 0 Å². The molecular formula is C16H23N5OS. The Bertz CT molecular complexity index is 649. The molecule has 1 aromatic heterocycles. The minimum atomic E-state index is 0.158. The zero-order valence-corrected chi connectivity index (χ0v) is 14.7. The molecule has 0 amide bonds. The molecule has 0 atom stereocenters. The summed E-state index contributed by atoms with van der Waals surface area (Å²) in [4.78, 5) is 10.7. The number of aliphatic imine (C=N–C) groups is 1. The van der Waals surface area contributed by atoms with Gasteiger partial charge in [-0.15, -0.1) is 11.3 Å². The van der Waals surface area contributed by atoms with Crippen LogP contribution in [-0.4, -0.2) is 31.1 Å². The zero-order chi connectivity index (χ0) is 16.8. The Morgan fingerprint density at radius 3 is 2.61 bits per heavy atom. The monoisotopic (exact) mass is 333 g/mol. The van der Waals surface area contributed by atoms with Crippen LogP contribution in [0.15, 0.2) is 34.6 Å². The van der Waals surface area contributed by atoms with Gasteiger partial charge in [0.25, 0.3) is 0 Å². The van der Waals surface area contributed by atoms with Gasteiger partial charge in [-0.25, -0.2) is 9.98 Å². The molecule has 0 aliphatic heterocycles.